The number of sulfonamides is 1. The van der Waals surface area contributed by atoms with Gasteiger partial charge in [0.25, 0.3) is 0 Å². The lowest BCUT2D eigenvalue weighted by Gasteiger charge is -2.30. The number of halogens is 3. The number of carbonyl (C=O) groups excluding carboxylic acids is 1. The van der Waals surface area contributed by atoms with Gasteiger partial charge in [-0.05, 0) is 37.0 Å². The van der Waals surface area contributed by atoms with Gasteiger partial charge in [-0.15, -0.1) is 11.3 Å². The maximum atomic E-state index is 12.9. The Hall–Kier alpha value is -1.98. The minimum Gasteiger partial charge on any atom is -0.302 e. The molecule has 1 amide bonds. The summed E-state index contributed by atoms with van der Waals surface area (Å²) in [5, 5.41) is 5.15. The van der Waals surface area contributed by atoms with Gasteiger partial charge in [0.05, 0.1) is 16.2 Å². The van der Waals surface area contributed by atoms with Crippen LogP contribution in [0.2, 0.25) is 0 Å². The van der Waals surface area contributed by atoms with Crippen molar-refractivity contribution in [3.8, 4) is 0 Å². The van der Waals surface area contributed by atoms with Crippen LogP contribution in [0.15, 0.2) is 34.5 Å². The molecule has 3 rings (SSSR count). The fourth-order valence-corrected chi connectivity index (χ4v) is 5.55. The SMILES string of the molecule is CC(C)c1csc(NC(=O)C2CCN(S(=O)(=O)c3cccc(C(F)(F)F)c3)CC2)n1. The van der Waals surface area contributed by atoms with E-state index in [-0.39, 0.29) is 43.7 Å². The van der Waals surface area contributed by atoms with Crippen molar-refractivity contribution in [3.63, 3.8) is 0 Å². The van der Waals surface area contributed by atoms with Crippen LogP contribution in [0.4, 0.5) is 18.3 Å². The van der Waals surface area contributed by atoms with Crippen LogP contribution in [0.3, 0.4) is 0 Å². The largest absolute Gasteiger partial charge is 0.416 e. The summed E-state index contributed by atoms with van der Waals surface area (Å²) in [5.74, 6) is -0.365. The second-order valence-corrected chi connectivity index (χ2v) is 10.2. The average Bonchev–Trinajstić information content (AvgIpc) is 3.16. The molecule has 0 aliphatic carbocycles. The van der Waals surface area contributed by atoms with Crippen molar-refractivity contribution in [2.45, 2.75) is 43.7 Å². The number of rotatable bonds is 5. The maximum absolute atomic E-state index is 12.9. The number of aromatic nitrogens is 1. The zero-order chi connectivity index (χ0) is 22.1. The Kier molecular flexibility index (Phi) is 6.54. The molecule has 1 aromatic carbocycles. The van der Waals surface area contributed by atoms with Crippen LogP contribution in [-0.2, 0) is 21.0 Å². The van der Waals surface area contributed by atoms with E-state index in [0.717, 1.165) is 28.2 Å². The number of piperidine rings is 1. The van der Waals surface area contributed by atoms with Crippen LogP contribution in [0.25, 0.3) is 0 Å². The lowest BCUT2D eigenvalue weighted by molar-refractivity contribution is -0.137. The normalized spacial score (nSPS) is 16.7. The van der Waals surface area contributed by atoms with Crippen LogP contribution in [0, 0.1) is 5.92 Å². The number of alkyl halides is 3. The van der Waals surface area contributed by atoms with Gasteiger partial charge in [-0.1, -0.05) is 19.9 Å². The quantitative estimate of drug-likeness (QED) is 0.719. The first-order valence-corrected chi connectivity index (χ1v) is 11.7. The molecule has 0 saturated carbocycles. The molecule has 1 N–H and O–H groups in total. The Balaban J connectivity index is 1.63. The van der Waals surface area contributed by atoms with E-state index in [9.17, 15) is 26.4 Å². The molecule has 164 valence electrons. The molecule has 1 aliphatic rings. The van der Waals surface area contributed by atoms with Crippen LogP contribution < -0.4 is 5.32 Å². The summed E-state index contributed by atoms with van der Waals surface area (Å²) in [4.78, 5) is 16.4. The van der Waals surface area contributed by atoms with Crippen molar-refractivity contribution >= 4 is 32.4 Å². The van der Waals surface area contributed by atoms with Gasteiger partial charge in [0, 0.05) is 24.4 Å². The van der Waals surface area contributed by atoms with E-state index < -0.39 is 26.7 Å². The smallest absolute Gasteiger partial charge is 0.302 e. The first-order chi connectivity index (χ1) is 14.0. The molecule has 0 radical (unpaired) electrons. The molecule has 11 heteroatoms. The highest BCUT2D eigenvalue weighted by Crippen LogP contribution is 2.32. The molecule has 2 aromatic rings. The van der Waals surface area contributed by atoms with E-state index >= 15 is 0 Å². The number of hydrogen-bond acceptors (Lipinski definition) is 5. The third-order valence-electron chi connectivity index (χ3n) is 4.97. The second-order valence-electron chi connectivity index (χ2n) is 7.43. The van der Waals surface area contributed by atoms with Crippen LogP contribution in [0.1, 0.15) is 43.9 Å². The van der Waals surface area contributed by atoms with Gasteiger partial charge in [0.2, 0.25) is 15.9 Å². The van der Waals surface area contributed by atoms with Crippen molar-refractivity contribution in [3.05, 3.63) is 40.9 Å². The minimum atomic E-state index is -4.62. The number of benzene rings is 1. The van der Waals surface area contributed by atoms with Gasteiger partial charge < -0.3 is 5.32 Å². The van der Waals surface area contributed by atoms with E-state index in [1.54, 1.807) is 0 Å². The van der Waals surface area contributed by atoms with E-state index in [4.69, 9.17) is 0 Å². The highest BCUT2D eigenvalue weighted by molar-refractivity contribution is 7.89. The van der Waals surface area contributed by atoms with Crippen LogP contribution in [0.5, 0.6) is 0 Å². The highest BCUT2D eigenvalue weighted by atomic mass is 32.2. The van der Waals surface area contributed by atoms with Crippen molar-refractivity contribution in [2.24, 2.45) is 5.92 Å². The zero-order valence-corrected chi connectivity index (χ0v) is 18.1. The molecule has 0 spiro atoms. The van der Waals surface area contributed by atoms with Crippen molar-refractivity contribution in [1.82, 2.24) is 9.29 Å². The van der Waals surface area contributed by atoms with Gasteiger partial charge in [-0.2, -0.15) is 17.5 Å². The summed E-state index contributed by atoms with van der Waals surface area (Å²) >= 11 is 1.33. The first-order valence-electron chi connectivity index (χ1n) is 9.42. The molecule has 1 aromatic heterocycles. The fraction of sp³-hybridized carbons (Fsp3) is 0.474. The third-order valence-corrected chi connectivity index (χ3v) is 7.64. The minimum absolute atomic E-state index is 0.0613. The average molecular weight is 462 g/mol. The molecule has 6 nitrogen and oxygen atoms in total. The lowest BCUT2D eigenvalue weighted by atomic mass is 9.97. The molecule has 2 heterocycles. The second kappa shape index (κ2) is 8.64. The molecule has 1 fully saturated rings. The van der Waals surface area contributed by atoms with Crippen molar-refractivity contribution in [1.29, 1.82) is 0 Å². The zero-order valence-electron chi connectivity index (χ0n) is 16.4. The lowest BCUT2D eigenvalue weighted by Crippen LogP contribution is -2.41. The molecule has 1 saturated heterocycles. The van der Waals surface area contributed by atoms with Gasteiger partial charge in [-0.25, -0.2) is 13.4 Å². The first kappa shape index (κ1) is 22.7. The predicted molar refractivity (Wildman–Crippen MR) is 108 cm³/mol. The molecular weight excluding hydrogens is 439 g/mol. The number of thiazole rings is 1. The number of carbonyl (C=O) groups is 1. The van der Waals surface area contributed by atoms with E-state index in [2.05, 4.69) is 10.3 Å². The van der Waals surface area contributed by atoms with Gasteiger partial charge >= 0.3 is 6.18 Å². The summed E-state index contributed by atoms with van der Waals surface area (Å²) in [5.41, 5.74) is -0.126. The summed E-state index contributed by atoms with van der Waals surface area (Å²) in [6.45, 7) is 4.12. The fourth-order valence-electron chi connectivity index (χ4n) is 3.16. The Labute approximate surface area is 177 Å². The molecule has 0 bridgehead atoms. The molecule has 0 atom stereocenters. The van der Waals surface area contributed by atoms with E-state index in [0.29, 0.717) is 11.2 Å². The molecule has 0 unspecified atom stereocenters. The maximum Gasteiger partial charge on any atom is 0.416 e. The Morgan fingerprint density at radius 2 is 1.93 bits per heavy atom. The van der Waals surface area contributed by atoms with E-state index in [1.165, 1.54) is 11.3 Å². The monoisotopic (exact) mass is 461 g/mol. The number of nitrogens with one attached hydrogen (secondary N) is 1. The standard InChI is InChI=1S/C19H22F3N3O3S2/c1-12(2)16-11-29-18(23-16)24-17(26)13-6-8-25(9-7-13)30(27,28)15-5-3-4-14(10-15)19(20,21)22/h3-5,10-13H,6-9H2,1-2H3,(H,23,24,26). The van der Waals surface area contributed by atoms with Crippen molar-refractivity contribution in [2.75, 3.05) is 18.4 Å². The predicted octanol–water partition coefficient (Wildman–Crippen LogP) is 4.32. The topological polar surface area (TPSA) is 79.4 Å². The Morgan fingerprint density at radius 3 is 2.50 bits per heavy atom. The molecule has 1 aliphatic heterocycles. The van der Waals surface area contributed by atoms with Gasteiger partial charge in [0.15, 0.2) is 5.13 Å². The van der Waals surface area contributed by atoms with Gasteiger partial charge in [0.1, 0.15) is 0 Å². The summed E-state index contributed by atoms with van der Waals surface area (Å²) in [6, 6.07) is 3.70. The van der Waals surface area contributed by atoms with Crippen molar-refractivity contribution < 1.29 is 26.4 Å². The number of amides is 1. The highest BCUT2D eigenvalue weighted by Gasteiger charge is 2.35. The van der Waals surface area contributed by atoms with E-state index in [1.807, 2.05) is 19.2 Å². The summed E-state index contributed by atoms with van der Waals surface area (Å²) in [7, 11) is -4.07. The summed E-state index contributed by atoms with van der Waals surface area (Å²) in [6.07, 6.45) is -4.05. The van der Waals surface area contributed by atoms with Crippen LogP contribution in [-0.4, -0.2) is 36.7 Å². The van der Waals surface area contributed by atoms with Gasteiger partial charge in [-0.3, -0.25) is 4.79 Å². The number of nitrogens with zero attached hydrogens (tertiary/aromatic N) is 2. The number of anilines is 1. The van der Waals surface area contributed by atoms with Crippen LogP contribution >= 0.6 is 11.3 Å². The Morgan fingerprint density at radius 1 is 1.27 bits per heavy atom. The molecule has 30 heavy (non-hydrogen) atoms. The number of hydrogen-bond donors (Lipinski definition) is 1. The summed E-state index contributed by atoms with van der Waals surface area (Å²) < 4.78 is 65.3. The Bertz CT molecular complexity index is 1010. The third kappa shape index (κ3) is 5.01. The molecular formula is C19H22F3N3O3S2.